The minimum atomic E-state index is -0.159. The van der Waals surface area contributed by atoms with Crippen molar-refractivity contribution >= 4 is 34.1 Å². The number of aromatic nitrogens is 3. The molecule has 1 amide bonds. The number of methoxy groups -OCH3 is 1. The highest BCUT2D eigenvalue weighted by Crippen LogP contribution is 2.39. The maximum atomic E-state index is 12.4. The van der Waals surface area contributed by atoms with Gasteiger partial charge < -0.3 is 29.8 Å². The van der Waals surface area contributed by atoms with Crippen LogP contribution in [-0.2, 0) is 4.74 Å². The number of morpholine rings is 1. The van der Waals surface area contributed by atoms with Crippen LogP contribution in [0.2, 0.25) is 0 Å². The van der Waals surface area contributed by atoms with Gasteiger partial charge in [-0.05, 0) is 42.8 Å². The van der Waals surface area contributed by atoms with Crippen molar-refractivity contribution in [3.63, 3.8) is 0 Å². The Morgan fingerprint density at radius 2 is 1.81 bits per heavy atom. The molecule has 192 valence electrons. The van der Waals surface area contributed by atoms with Crippen molar-refractivity contribution in [1.82, 2.24) is 19.9 Å². The van der Waals surface area contributed by atoms with E-state index in [1.54, 1.807) is 19.2 Å². The maximum absolute atomic E-state index is 12.4. The van der Waals surface area contributed by atoms with Crippen molar-refractivity contribution in [3.8, 4) is 11.6 Å². The van der Waals surface area contributed by atoms with Crippen LogP contribution in [0.3, 0.4) is 0 Å². The van der Waals surface area contributed by atoms with E-state index in [4.69, 9.17) is 14.2 Å². The van der Waals surface area contributed by atoms with Gasteiger partial charge in [0.1, 0.15) is 23.2 Å². The van der Waals surface area contributed by atoms with Crippen molar-refractivity contribution in [2.24, 2.45) is 0 Å². The number of amides is 1. The minimum Gasteiger partial charge on any atom is -0.491 e. The van der Waals surface area contributed by atoms with Crippen molar-refractivity contribution in [2.75, 3.05) is 57.2 Å². The Hall–Kier alpha value is -4.15. The standard InChI is InChI=1S/C27H30N6O4/c1-35-23-22-24(30-20-8-10-21(11-9-20)31-26(34)19-6-3-2-4-7-19)28-18-29-25(22)32-27(23)37-15-5-12-33-13-16-36-17-14-33/h2-4,6-11,18H,5,12-17H2,1H3,(H,31,34)(H2,28,29,30,32). The lowest BCUT2D eigenvalue weighted by Crippen LogP contribution is -2.37. The van der Waals surface area contributed by atoms with Crippen LogP contribution < -0.4 is 20.1 Å². The van der Waals surface area contributed by atoms with E-state index >= 15 is 0 Å². The third kappa shape index (κ3) is 5.99. The predicted molar refractivity (Wildman–Crippen MR) is 142 cm³/mol. The summed E-state index contributed by atoms with van der Waals surface area (Å²) < 4.78 is 17.1. The van der Waals surface area contributed by atoms with Gasteiger partial charge in [-0.1, -0.05) is 18.2 Å². The lowest BCUT2D eigenvalue weighted by atomic mass is 10.2. The summed E-state index contributed by atoms with van der Waals surface area (Å²) >= 11 is 0. The first-order valence-corrected chi connectivity index (χ1v) is 12.3. The molecule has 1 saturated heterocycles. The topological polar surface area (TPSA) is 114 Å². The quantitative estimate of drug-likeness (QED) is 0.278. The Balaban J connectivity index is 1.25. The minimum absolute atomic E-state index is 0.159. The van der Waals surface area contributed by atoms with E-state index in [2.05, 4.69) is 30.5 Å². The molecule has 1 aliphatic rings. The molecule has 2 aromatic carbocycles. The zero-order valence-corrected chi connectivity index (χ0v) is 20.7. The van der Waals surface area contributed by atoms with Crippen LogP contribution in [0.4, 0.5) is 17.2 Å². The molecule has 3 N–H and O–H groups in total. The average Bonchev–Trinajstić information content (AvgIpc) is 3.31. The molecule has 2 aromatic heterocycles. The van der Waals surface area contributed by atoms with E-state index in [0.717, 1.165) is 45.0 Å². The summed E-state index contributed by atoms with van der Waals surface area (Å²) in [6.45, 7) is 5.00. The normalized spacial score (nSPS) is 13.9. The number of nitrogens with one attached hydrogen (secondary N) is 3. The van der Waals surface area contributed by atoms with Crippen LogP contribution >= 0.6 is 0 Å². The first-order chi connectivity index (χ1) is 18.2. The second kappa shape index (κ2) is 11.7. The summed E-state index contributed by atoms with van der Waals surface area (Å²) in [6, 6.07) is 16.5. The molecular weight excluding hydrogens is 472 g/mol. The molecule has 1 fully saturated rings. The number of fused-ring (bicyclic) bond motifs is 1. The smallest absolute Gasteiger partial charge is 0.255 e. The van der Waals surface area contributed by atoms with E-state index in [1.807, 2.05) is 42.5 Å². The fraction of sp³-hybridized carbons (Fsp3) is 0.296. The first-order valence-electron chi connectivity index (χ1n) is 12.3. The number of benzene rings is 2. The molecule has 0 aliphatic carbocycles. The zero-order valence-electron chi connectivity index (χ0n) is 20.7. The summed E-state index contributed by atoms with van der Waals surface area (Å²) in [5, 5.41) is 6.93. The number of carbonyl (C=O) groups excluding carboxylic acids is 1. The number of hydrogen-bond acceptors (Lipinski definition) is 8. The van der Waals surface area contributed by atoms with E-state index in [-0.39, 0.29) is 5.91 Å². The summed E-state index contributed by atoms with van der Waals surface area (Å²) in [4.78, 5) is 26.8. The summed E-state index contributed by atoms with van der Waals surface area (Å²) in [5.74, 6) is 1.51. The molecule has 0 atom stereocenters. The first kappa shape index (κ1) is 24.5. The molecule has 0 unspecified atom stereocenters. The lowest BCUT2D eigenvalue weighted by molar-refractivity contribution is 0.0357. The van der Waals surface area contributed by atoms with Crippen molar-refractivity contribution in [3.05, 3.63) is 66.5 Å². The second-order valence-electron chi connectivity index (χ2n) is 8.61. The van der Waals surface area contributed by atoms with Crippen LogP contribution in [0, 0.1) is 0 Å². The van der Waals surface area contributed by atoms with Gasteiger partial charge in [0.2, 0.25) is 5.88 Å². The van der Waals surface area contributed by atoms with Crippen LogP contribution in [-0.4, -0.2) is 72.3 Å². The van der Waals surface area contributed by atoms with Gasteiger partial charge >= 0.3 is 0 Å². The fourth-order valence-electron chi connectivity index (χ4n) is 4.22. The van der Waals surface area contributed by atoms with E-state index in [0.29, 0.717) is 46.3 Å². The maximum Gasteiger partial charge on any atom is 0.255 e. The zero-order chi connectivity index (χ0) is 25.5. The molecule has 1 aliphatic heterocycles. The van der Waals surface area contributed by atoms with Gasteiger partial charge in [-0.15, -0.1) is 0 Å². The number of aromatic amines is 1. The Kier molecular flexibility index (Phi) is 7.78. The van der Waals surface area contributed by atoms with E-state index < -0.39 is 0 Å². The van der Waals surface area contributed by atoms with Crippen LogP contribution in [0.1, 0.15) is 16.8 Å². The molecule has 3 heterocycles. The fourth-order valence-corrected chi connectivity index (χ4v) is 4.22. The summed E-state index contributed by atoms with van der Waals surface area (Å²) in [5.41, 5.74) is 2.71. The molecule has 0 radical (unpaired) electrons. The summed E-state index contributed by atoms with van der Waals surface area (Å²) in [6.07, 6.45) is 2.37. The third-order valence-electron chi connectivity index (χ3n) is 6.13. The molecular formula is C27H30N6O4. The monoisotopic (exact) mass is 502 g/mol. The van der Waals surface area contributed by atoms with Crippen molar-refractivity contribution < 1.29 is 19.0 Å². The lowest BCUT2D eigenvalue weighted by Gasteiger charge is -2.26. The molecule has 0 saturated carbocycles. The van der Waals surface area contributed by atoms with Gasteiger partial charge in [-0.2, -0.15) is 0 Å². The molecule has 5 rings (SSSR count). The van der Waals surface area contributed by atoms with Gasteiger partial charge in [0.25, 0.3) is 5.91 Å². The predicted octanol–water partition coefficient (Wildman–Crippen LogP) is 4.06. The van der Waals surface area contributed by atoms with Crippen LogP contribution in [0.5, 0.6) is 11.6 Å². The Morgan fingerprint density at radius 1 is 1.05 bits per heavy atom. The van der Waals surface area contributed by atoms with Gasteiger partial charge in [-0.3, -0.25) is 9.69 Å². The number of anilines is 3. The Morgan fingerprint density at radius 3 is 2.57 bits per heavy atom. The second-order valence-corrected chi connectivity index (χ2v) is 8.61. The highest BCUT2D eigenvalue weighted by atomic mass is 16.5. The number of hydrogen-bond donors (Lipinski definition) is 3. The van der Waals surface area contributed by atoms with Crippen LogP contribution in [0.25, 0.3) is 11.0 Å². The van der Waals surface area contributed by atoms with Crippen LogP contribution in [0.15, 0.2) is 60.9 Å². The van der Waals surface area contributed by atoms with Crippen molar-refractivity contribution in [2.45, 2.75) is 6.42 Å². The van der Waals surface area contributed by atoms with Gasteiger partial charge in [0, 0.05) is 36.6 Å². The third-order valence-corrected chi connectivity index (χ3v) is 6.13. The number of rotatable bonds is 10. The SMILES string of the molecule is COc1c(OCCCN2CCOCC2)[nH]c2ncnc(Nc3ccc(NC(=O)c4ccccc4)cc3)c12. The molecule has 0 bridgehead atoms. The molecule has 10 heteroatoms. The van der Waals surface area contributed by atoms with Crippen molar-refractivity contribution in [1.29, 1.82) is 0 Å². The van der Waals surface area contributed by atoms with E-state index in [9.17, 15) is 4.79 Å². The molecule has 4 aromatic rings. The number of ether oxygens (including phenoxy) is 3. The van der Waals surface area contributed by atoms with Gasteiger partial charge in [-0.25, -0.2) is 9.97 Å². The van der Waals surface area contributed by atoms with Gasteiger partial charge in [0.15, 0.2) is 5.75 Å². The highest BCUT2D eigenvalue weighted by Gasteiger charge is 2.19. The molecule has 10 nitrogen and oxygen atoms in total. The van der Waals surface area contributed by atoms with E-state index in [1.165, 1.54) is 6.33 Å². The van der Waals surface area contributed by atoms with Gasteiger partial charge in [0.05, 0.1) is 26.9 Å². The number of H-pyrrole nitrogens is 1. The summed E-state index contributed by atoms with van der Waals surface area (Å²) in [7, 11) is 1.60. The average molecular weight is 503 g/mol. The largest absolute Gasteiger partial charge is 0.491 e. The Bertz CT molecular complexity index is 1320. The molecule has 37 heavy (non-hydrogen) atoms. The molecule has 0 spiro atoms. The Labute approximate surface area is 215 Å². The highest BCUT2D eigenvalue weighted by molar-refractivity contribution is 6.04. The number of carbonyl (C=O) groups is 1. The number of nitrogens with zero attached hydrogens (tertiary/aromatic N) is 3.